The monoisotopic (exact) mass is 288 g/mol. The maximum Gasteiger partial charge on any atom is 0.348 e. The van der Waals surface area contributed by atoms with Crippen molar-refractivity contribution in [2.75, 3.05) is 25.1 Å². The van der Waals surface area contributed by atoms with E-state index >= 15 is 0 Å². The average molecular weight is 288 g/mol. The number of fused-ring (bicyclic) bond motifs is 3. The van der Waals surface area contributed by atoms with Crippen LogP contribution >= 0.6 is 11.3 Å². The molecule has 0 aliphatic carbocycles. The van der Waals surface area contributed by atoms with Crippen LogP contribution < -0.4 is 4.90 Å². The molecule has 0 saturated carbocycles. The number of rotatable bonds is 2. The van der Waals surface area contributed by atoms with Crippen molar-refractivity contribution >= 4 is 23.0 Å². The second-order valence-electron chi connectivity index (χ2n) is 4.75. The second kappa shape index (κ2) is 5.25. The molecule has 5 heteroatoms. The van der Waals surface area contributed by atoms with Gasteiger partial charge in [-0.25, -0.2) is 4.79 Å². The minimum Gasteiger partial charge on any atom is -0.462 e. The molecule has 0 unspecified atom stereocenters. The molecule has 2 aromatic rings. The maximum absolute atomic E-state index is 11.9. The molecule has 4 nitrogen and oxygen atoms in total. The van der Waals surface area contributed by atoms with E-state index in [0.29, 0.717) is 11.5 Å². The molecule has 0 saturated heterocycles. The van der Waals surface area contributed by atoms with Crippen molar-refractivity contribution in [1.29, 1.82) is 0 Å². The Hall–Kier alpha value is -1.88. The molecule has 1 aliphatic rings. The molecule has 2 aromatic heterocycles. The first kappa shape index (κ1) is 13.1. The Morgan fingerprint density at radius 3 is 3.20 bits per heavy atom. The van der Waals surface area contributed by atoms with Gasteiger partial charge in [0.25, 0.3) is 0 Å². The number of pyridine rings is 1. The third-order valence-electron chi connectivity index (χ3n) is 3.46. The smallest absolute Gasteiger partial charge is 0.348 e. The first-order valence-electron chi connectivity index (χ1n) is 6.66. The number of ether oxygens (including phenoxy) is 1. The van der Waals surface area contributed by atoms with Gasteiger partial charge in [0, 0.05) is 30.2 Å². The Kier molecular flexibility index (Phi) is 3.44. The number of hydrogen-bond acceptors (Lipinski definition) is 5. The summed E-state index contributed by atoms with van der Waals surface area (Å²) in [5.74, 6) is -0.227. The van der Waals surface area contributed by atoms with Gasteiger partial charge in [-0.1, -0.05) is 0 Å². The van der Waals surface area contributed by atoms with Crippen molar-refractivity contribution < 1.29 is 9.53 Å². The molecule has 0 atom stereocenters. The van der Waals surface area contributed by atoms with Gasteiger partial charge in [0.1, 0.15) is 4.88 Å². The summed E-state index contributed by atoms with van der Waals surface area (Å²) in [5.41, 5.74) is 3.48. The lowest BCUT2D eigenvalue weighted by Crippen LogP contribution is -2.19. The zero-order valence-corrected chi connectivity index (χ0v) is 12.4. The zero-order valence-electron chi connectivity index (χ0n) is 11.5. The number of aromatic nitrogens is 1. The molecule has 0 aromatic carbocycles. The van der Waals surface area contributed by atoms with Gasteiger partial charge in [-0.05, 0) is 31.0 Å². The van der Waals surface area contributed by atoms with Crippen LogP contribution in [0.5, 0.6) is 0 Å². The Morgan fingerprint density at radius 2 is 2.40 bits per heavy atom. The molecule has 0 bridgehead atoms. The van der Waals surface area contributed by atoms with Gasteiger partial charge in [-0.3, -0.25) is 4.98 Å². The Balaban J connectivity index is 2.09. The molecule has 0 radical (unpaired) electrons. The van der Waals surface area contributed by atoms with Gasteiger partial charge in [0.05, 0.1) is 18.5 Å². The van der Waals surface area contributed by atoms with Crippen molar-refractivity contribution in [1.82, 2.24) is 4.98 Å². The largest absolute Gasteiger partial charge is 0.462 e. The van der Waals surface area contributed by atoms with Crippen LogP contribution in [-0.2, 0) is 11.2 Å². The summed E-state index contributed by atoms with van der Waals surface area (Å²) in [7, 11) is 2.07. The third kappa shape index (κ3) is 2.18. The predicted molar refractivity (Wildman–Crippen MR) is 80.5 cm³/mol. The van der Waals surface area contributed by atoms with E-state index in [4.69, 9.17) is 4.74 Å². The molecule has 20 heavy (non-hydrogen) atoms. The quantitative estimate of drug-likeness (QED) is 0.797. The average Bonchev–Trinajstić information content (AvgIpc) is 2.84. The maximum atomic E-state index is 11.9. The first-order chi connectivity index (χ1) is 9.70. The topological polar surface area (TPSA) is 42.4 Å². The predicted octanol–water partition coefficient (Wildman–Crippen LogP) is 2.98. The standard InChI is InChI=1S/C15H16N2O2S/c1-3-19-15(18)13-8-10-5-7-17(2)12-9-16-6-4-11(12)14(10)20-13/h4,6,8-9H,3,5,7H2,1-2H3. The van der Waals surface area contributed by atoms with E-state index < -0.39 is 0 Å². The van der Waals surface area contributed by atoms with Gasteiger partial charge < -0.3 is 9.64 Å². The summed E-state index contributed by atoms with van der Waals surface area (Å²) < 4.78 is 5.09. The second-order valence-corrected chi connectivity index (χ2v) is 5.80. The first-order valence-corrected chi connectivity index (χ1v) is 7.47. The van der Waals surface area contributed by atoms with Gasteiger partial charge in [-0.2, -0.15) is 0 Å². The zero-order chi connectivity index (χ0) is 14.1. The molecular formula is C15H16N2O2S. The number of likely N-dealkylation sites (N-methyl/N-ethyl adjacent to an activating group) is 1. The van der Waals surface area contributed by atoms with Crippen molar-refractivity contribution in [2.24, 2.45) is 0 Å². The summed E-state index contributed by atoms with van der Waals surface area (Å²) in [4.78, 5) is 20.1. The summed E-state index contributed by atoms with van der Waals surface area (Å²) in [5, 5.41) is 0. The minimum absolute atomic E-state index is 0.227. The number of carbonyl (C=O) groups is 1. The fraction of sp³-hybridized carbons (Fsp3) is 0.333. The molecular weight excluding hydrogens is 272 g/mol. The van der Waals surface area contributed by atoms with Crippen molar-refractivity contribution in [3.63, 3.8) is 0 Å². The van der Waals surface area contributed by atoms with Crippen molar-refractivity contribution in [3.05, 3.63) is 35.0 Å². The molecule has 1 aliphatic heterocycles. The summed E-state index contributed by atoms with van der Waals surface area (Å²) in [6.07, 6.45) is 4.61. The molecule has 0 fully saturated rings. The highest BCUT2D eigenvalue weighted by atomic mass is 32.1. The molecule has 0 amide bonds. The molecule has 3 rings (SSSR count). The van der Waals surface area contributed by atoms with Gasteiger partial charge in [0.15, 0.2) is 0 Å². The molecule has 104 valence electrons. The normalized spacial score (nSPS) is 13.4. The van der Waals surface area contributed by atoms with Crippen molar-refractivity contribution in [3.8, 4) is 10.4 Å². The van der Waals surface area contributed by atoms with E-state index in [1.165, 1.54) is 16.9 Å². The van der Waals surface area contributed by atoms with Crippen LogP contribution in [0.25, 0.3) is 10.4 Å². The van der Waals surface area contributed by atoms with Crippen LogP contribution in [-0.4, -0.2) is 31.2 Å². The van der Waals surface area contributed by atoms with Crippen LogP contribution in [0, 0.1) is 0 Å². The Labute approximate surface area is 122 Å². The fourth-order valence-electron chi connectivity index (χ4n) is 2.44. The van der Waals surface area contributed by atoms with Gasteiger partial charge in [-0.15, -0.1) is 11.3 Å². The van der Waals surface area contributed by atoms with E-state index in [1.807, 2.05) is 25.3 Å². The lowest BCUT2D eigenvalue weighted by atomic mass is 10.1. The van der Waals surface area contributed by atoms with E-state index in [0.717, 1.165) is 29.1 Å². The highest BCUT2D eigenvalue weighted by Gasteiger charge is 2.22. The van der Waals surface area contributed by atoms with Crippen LogP contribution in [0.3, 0.4) is 0 Å². The molecule has 0 N–H and O–H groups in total. The molecule has 3 heterocycles. The van der Waals surface area contributed by atoms with Crippen LogP contribution in [0.4, 0.5) is 5.69 Å². The third-order valence-corrected chi connectivity index (χ3v) is 4.65. The lowest BCUT2D eigenvalue weighted by molar-refractivity contribution is 0.0532. The lowest BCUT2D eigenvalue weighted by Gasteiger charge is -2.18. The Bertz CT molecular complexity index is 651. The highest BCUT2D eigenvalue weighted by molar-refractivity contribution is 7.17. The number of thiophene rings is 1. The van der Waals surface area contributed by atoms with Crippen LogP contribution in [0.1, 0.15) is 22.2 Å². The summed E-state index contributed by atoms with van der Waals surface area (Å²) in [6, 6.07) is 3.99. The van der Waals surface area contributed by atoms with Crippen LogP contribution in [0.2, 0.25) is 0 Å². The molecule has 0 spiro atoms. The number of esters is 1. The summed E-state index contributed by atoms with van der Waals surface area (Å²) >= 11 is 1.51. The van der Waals surface area contributed by atoms with Crippen molar-refractivity contribution in [2.45, 2.75) is 13.3 Å². The highest BCUT2D eigenvalue weighted by Crippen LogP contribution is 2.40. The number of carbonyl (C=O) groups excluding carboxylic acids is 1. The minimum atomic E-state index is -0.227. The Morgan fingerprint density at radius 1 is 1.55 bits per heavy atom. The SMILES string of the molecule is CCOC(=O)c1cc2c(s1)-c1ccncc1N(C)CC2. The van der Waals surface area contributed by atoms with E-state index in [1.54, 1.807) is 6.20 Å². The number of nitrogens with zero attached hydrogens (tertiary/aromatic N) is 2. The van der Waals surface area contributed by atoms with Gasteiger partial charge >= 0.3 is 5.97 Å². The fourth-order valence-corrected chi connectivity index (χ4v) is 3.57. The van der Waals surface area contributed by atoms with E-state index in [2.05, 4.69) is 16.9 Å². The summed E-state index contributed by atoms with van der Waals surface area (Å²) in [6.45, 7) is 3.15. The number of hydrogen-bond donors (Lipinski definition) is 0. The van der Waals surface area contributed by atoms with E-state index in [-0.39, 0.29) is 5.97 Å². The van der Waals surface area contributed by atoms with E-state index in [9.17, 15) is 4.79 Å². The van der Waals surface area contributed by atoms with Crippen LogP contribution in [0.15, 0.2) is 24.5 Å². The number of anilines is 1. The van der Waals surface area contributed by atoms with Gasteiger partial charge in [0.2, 0.25) is 0 Å².